The number of rotatable bonds is 11. The van der Waals surface area contributed by atoms with Crippen LogP contribution in [0.2, 0.25) is 0 Å². The summed E-state index contributed by atoms with van der Waals surface area (Å²) in [6.45, 7) is 11.1. The maximum absolute atomic E-state index is 12.2. The van der Waals surface area contributed by atoms with Crippen LogP contribution in [-0.4, -0.2) is 54.4 Å². The monoisotopic (exact) mass is 359 g/mol. The van der Waals surface area contributed by atoms with Crippen molar-refractivity contribution in [3.8, 4) is 0 Å². The SMILES string of the molecule is CCOC(=O)NC(C(C)C)C(O)NC(C)C(=O)NC(C=O)CC(C)C. The van der Waals surface area contributed by atoms with Crippen LogP contribution in [0.3, 0.4) is 0 Å². The second-order valence-electron chi connectivity index (χ2n) is 6.85. The van der Waals surface area contributed by atoms with Gasteiger partial charge in [-0.25, -0.2) is 4.79 Å². The van der Waals surface area contributed by atoms with Gasteiger partial charge in [-0.3, -0.25) is 10.1 Å². The Morgan fingerprint density at radius 1 is 1.12 bits per heavy atom. The Morgan fingerprint density at radius 2 is 1.72 bits per heavy atom. The zero-order chi connectivity index (χ0) is 19.6. The minimum Gasteiger partial charge on any atom is -0.450 e. The van der Waals surface area contributed by atoms with Crippen LogP contribution < -0.4 is 16.0 Å². The molecule has 4 atom stereocenters. The summed E-state index contributed by atoms with van der Waals surface area (Å²) in [5, 5.41) is 18.3. The van der Waals surface area contributed by atoms with Gasteiger partial charge in [-0.15, -0.1) is 0 Å². The molecule has 2 amide bonds. The Hall–Kier alpha value is -1.67. The van der Waals surface area contributed by atoms with E-state index >= 15 is 0 Å². The molecular formula is C17H33N3O5. The lowest BCUT2D eigenvalue weighted by Gasteiger charge is -2.30. The minimum absolute atomic E-state index is 0.0918. The Morgan fingerprint density at radius 3 is 2.16 bits per heavy atom. The maximum atomic E-state index is 12.2. The van der Waals surface area contributed by atoms with E-state index in [-0.39, 0.29) is 18.4 Å². The number of amides is 2. The molecule has 4 N–H and O–H groups in total. The Bertz CT molecular complexity index is 429. The van der Waals surface area contributed by atoms with Gasteiger partial charge < -0.3 is 25.3 Å². The van der Waals surface area contributed by atoms with E-state index in [9.17, 15) is 19.5 Å². The zero-order valence-corrected chi connectivity index (χ0v) is 16.0. The molecule has 146 valence electrons. The van der Waals surface area contributed by atoms with E-state index in [2.05, 4.69) is 16.0 Å². The number of aliphatic hydroxyl groups excluding tert-OH is 1. The number of nitrogens with one attached hydrogen (secondary N) is 3. The van der Waals surface area contributed by atoms with Crippen LogP contribution in [0.4, 0.5) is 4.79 Å². The largest absolute Gasteiger partial charge is 0.450 e. The van der Waals surface area contributed by atoms with Crippen molar-refractivity contribution < 1.29 is 24.2 Å². The molecule has 0 aliphatic rings. The molecule has 0 radical (unpaired) electrons. The van der Waals surface area contributed by atoms with Crippen molar-refractivity contribution in [2.75, 3.05) is 6.61 Å². The van der Waals surface area contributed by atoms with Crippen molar-refractivity contribution >= 4 is 18.3 Å². The highest BCUT2D eigenvalue weighted by Crippen LogP contribution is 2.07. The van der Waals surface area contributed by atoms with Crippen molar-refractivity contribution in [2.24, 2.45) is 11.8 Å². The maximum Gasteiger partial charge on any atom is 0.407 e. The van der Waals surface area contributed by atoms with Crippen LogP contribution in [0, 0.1) is 11.8 Å². The fourth-order valence-corrected chi connectivity index (χ4v) is 2.32. The zero-order valence-electron chi connectivity index (χ0n) is 16.0. The van der Waals surface area contributed by atoms with Crippen LogP contribution in [0.15, 0.2) is 0 Å². The van der Waals surface area contributed by atoms with Crippen molar-refractivity contribution in [1.29, 1.82) is 0 Å². The van der Waals surface area contributed by atoms with Crippen LogP contribution in [0.5, 0.6) is 0 Å². The molecule has 25 heavy (non-hydrogen) atoms. The summed E-state index contributed by atoms with van der Waals surface area (Å²) in [4.78, 5) is 34.8. The van der Waals surface area contributed by atoms with Gasteiger partial charge >= 0.3 is 6.09 Å². The quantitative estimate of drug-likeness (QED) is 0.320. The van der Waals surface area contributed by atoms with Crippen molar-refractivity contribution in [3.05, 3.63) is 0 Å². The molecule has 0 spiro atoms. The van der Waals surface area contributed by atoms with E-state index in [0.29, 0.717) is 12.7 Å². The molecule has 0 aromatic carbocycles. The third kappa shape index (κ3) is 9.40. The second-order valence-corrected chi connectivity index (χ2v) is 6.85. The van der Waals surface area contributed by atoms with Gasteiger partial charge in [0.05, 0.1) is 24.7 Å². The molecule has 0 fully saturated rings. The Kier molecular flexibility index (Phi) is 11.0. The minimum atomic E-state index is -1.15. The molecular weight excluding hydrogens is 326 g/mol. The standard InChI is InChI=1S/C17H33N3O5/c1-7-25-17(24)20-14(11(4)5)16(23)18-12(6)15(22)19-13(9-21)8-10(2)3/h9-14,16,18,23H,7-8H2,1-6H3,(H,19,22)(H,20,24). The third-order valence-corrected chi connectivity index (χ3v) is 3.65. The van der Waals surface area contributed by atoms with Gasteiger partial charge in [0.15, 0.2) is 0 Å². The lowest BCUT2D eigenvalue weighted by Crippen LogP contribution is -2.58. The number of aldehydes is 1. The van der Waals surface area contributed by atoms with Crippen molar-refractivity contribution in [2.45, 2.75) is 72.3 Å². The predicted molar refractivity (Wildman–Crippen MR) is 94.8 cm³/mol. The number of ether oxygens (including phenoxy) is 1. The molecule has 0 saturated carbocycles. The summed E-state index contributed by atoms with van der Waals surface area (Å²) < 4.78 is 4.82. The van der Waals surface area contributed by atoms with E-state index in [1.165, 1.54) is 0 Å². The van der Waals surface area contributed by atoms with E-state index in [0.717, 1.165) is 0 Å². The average Bonchev–Trinajstić information content (AvgIpc) is 2.50. The average molecular weight is 359 g/mol. The molecule has 0 aromatic heterocycles. The summed E-state index contributed by atoms with van der Waals surface area (Å²) in [6.07, 6.45) is -0.522. The summed E-state index contributed by atoms with van der Waals surface area (Å²) in [5.74, 6) is -0.218. The number of hydrogen-bond donors (Lipinski definition) is 4. The molecule has 8 heteroatoms. The number of carbonyl (C=O) groups excluding carboxylic acids is 3. The summed E-state index contributed by atoms with van der Waals surface area (Å²) in [6, 6.07) is -1.94. The van der Waals surface area contributed by atoms with Crippen molar-refractivity contribution in [1.82, 2.24) is 16.0 Å². The molecule has 8 nitrogen and oxygen atoms in total. The highest BCUT2D eigenvalue weighted by Gasteiger charge is 2.28. The fraction of sp³-hybridized carbons (Fsp3) is 0.824. The van der Waals surface area contributed by atoms with E-state index in [1.807, 2.05) is 27.7 Å². The van der Waals surface area contributed by atoms with Crippen LogP contribution in [0.1, 0.15) is 48.0 Å². The first-order valence-corrected chi connectivity index (χ1v) is 8.75. The first kappa shape index (κ1) is 23.3. The number of carbonyl (C=O) groups is 3. The molecule has 0 aliphatic carbocycles. The van der Waals surface area contributed by atoms with Crippen LogP contribution >= 0.6 is 0 Å². The van der Waals surface area contributed by atoms with Gasteiger partial charge in [0, 0.05) is 0 Å². The van der Waals surface area contributed by atoms with Crippen LogP contribution in [0.25, 0.3) is 0 Å². The Balaban J connectivity index is 4.70. The first-order valence-electron chi connectivity index (χ1n) is 8.75. The number of alkyl carbamates (subject to hydrolysis) is 1. The Labute approximate surface area is 150 Å². The van der Waals surface area contributed by atoms with Gasteiger partial charge in [0.25, 0.3) is 0 Å². The van der Waals surface area contributed by atoms with Crippen molar-refractivity contribution in [3.63, 3.8) is 0 Å². The predicted octanol–water partition coefficient (Wildman–Crippen LogP) is 0.783. The summed E-state index contributed by atoms with van der Waals surface area (Å²) in [7, 11) is 0. The van der Waals surface area contributed by atoms with Gasteiger partial charge in [-0.2, -0.15) is 0 Å². The number of aliphatic hydroxyl groups is 1. The highest BCUT2D eigenvalue weighted by atomic mass is 16.5. The molecule has 0 aromatic rings. The van der Waals surface area contributed by atoms with E-state index in [4.69, 9.17) is 4.74 Å². The van der Waals surface area contributed by atoms with Gasteiger partial charge in [-0.05, 0) is 32.1 Å². The lowest BCUT2D eigenvalue weighted by molar-refractivity contribution is -0.126. The smallest absolute Gasteiger partial charge is 0.407 e. The molecule has 0 aliphatic heterocycles. The molecule has 4 unspecified atom stereocenters. The van der Waals surface area contributed by atoms with Gasteiger partial charge in [0.2, 0.25) is 5.91 Å². The topological polar surface area (TPSA) is 117 Å². The van der Waals surface area contributed by atoms with Crippen LogP contribution in [-0.2, 0) is 14.3 Å². The summed E-state index contributed by atoms with van der Waals surface area (Å²) >= 11 is 0. The third-order valence-electron chi connectivity index (χ3n) is 3.65. The fourth-order valence-electron chi connectivity index (χ4n) is 2.32. The molecule has 0 rings (SSSR count). The highest BCUT2D eigenvalue weighted by molar-refractivity contribution is 5.84. The normalized spacial score (nSPS) is 16.0. The molecule has 0 heterocycles. The second kappa shape index (κ2) is 11.8. The van der Waals surface area contributed by atoms with E-state index in [1.54, 1.807) is 13.8 Å². The first-order chi connectivity index (χ1) is 11.6. The number of hydrogen-bond acceptors (Lipinski definition) is 6. The molecule has 0 bridgehead atoms. The van der Waals surface area contributed by atoms with Gasteiger partial charge in [0.1, 0.15) is 12.5 Å². The van der Waals surface area contributed by atoms with Gasteiger partial charge in [-0.1, -0.05) is 27.7 Å². The molecule has 0 saturated heterocycles. The lowest BCUT2D eigenvalue weighted by atomic mass is 10.0. The van der Waals surface area contributed by atoms with E-state index < -0.39 is 36.4 Å². The summed E-state index contributed by atoms with van der Waals surface area (Å²) in [5.41, 5.74) is 0.